The first kappa shape index (κ1) is 21.2. The van der Waals surface area contributed by atoms with E-state index in [-0.39, 0.29) is 16.8 Å². The molecule has 0 aliphatic carbocycles. The third kappa shape index (κ3) is 3.64. The van der Waals surface area contributed by atoms with Gasteiger partial charge in [-0.2, -0.15) is 0 Å². The number of fused-ring (bicyclic) bond motifs is 2. The van der Waals surface area contributed by atoms with Crippen LogP contribution in [0.15, 0.2) is 87.1 Å². The summed E-state index contributed by atoms with van der Waals surface area (Å²) in [7, 11) is 0. The largest absolute Gasteiger partial charge is 0.490 e. The first-order valence-corrected chi connectivity index (χ1v) is 11.1. The molecule has 0 saturated carbocycles. The maximum Gasteiger partial charge on any atom is 0.296 e. The Bertz CT molecular complexity index is 1480. The second kappa shape index (κ2) is 8.33. The highest BCUT2D eigenvalue weighted by Gasteiger charge is 2.44. The summed E-state index contributed by atoms with van der Waals surface area (Å²) in [5.41, 5.74) is 2.05. The van der Waals surface area contributed by atoms with Gasteiger partial charge in [-0.15, -0.1) is 0 Å². The fourth-order valence-electron chi connectivity index (χ4n) is 4.08. The second-order valence-corrected chi connectivity index (χ2v) is 8.67. The second-order valence-electron chi connectivity index (χ2n) is 7.76. The molecule has 1 unspecified atom stereocenters. The van der Waals surface area contributed by atoms with Crippen molar-refractivity contribution in [3.05, 3.63) is 111 Å². The van der Waals surface area contributed by atoms with Gasteiger partial charge in [0.05, 0.1) is 17.0 Å². The Morgan fingerprint density at radius 1 is 1.18 bits per heavy atom. The number of aromatic nitrogens is 1. The molecule has 0 N–H and O–H groups in total. The molecule has 1 aliphatic rings. The van der Waals surface area contributed by atoms with Gasteiger partial charge in [0.15, 0.2) is 5.43 Å². The van der Waals surface area contributed by atoms with E-state index in [0.717, 1.165) is 10.0 Å². The van der Waals surface area contributed by atoms with Crippen molar-refractivity contribution in [2.45, 2.75) is 13.0 Å². The van der Waals surface area contributed by atoms with Gasteiger partial charge < -0.3 is 9.15 Å². The first-order chi connectivity index (χ1) is 16.0. The summed E-state index contributed by atoms with van der Waals surface area (Å²) in [6.07, 6.45) is 3.30. The number of carbonyl (C=O) groups excluding carboxylic acids is 1. The van der Waals surface area contributed by atoms with Gasteiger partial charge in [-0.1, -0.05) is 40.7 Å². The van der Waals surface area contributed by atoms with E-state index in [1.165, 1.54) is 4.90 Å². The highest BCUT2D eigenvalue weighted by atomic mass is 79.9. The van der Waals surface area contributed by atoms with Crippen LogP contribution >= 0.6 is 15.9 Å². The van der Waals surface area contributed by atoms with Gasteiger partial charge in [0.25, 0.3) is 5.91 Å². The number of nitrogens with zero attached hydrogens (tertiary/aromatic N) is 2. The zero-order valence-electron chi connectivity index (χ0n) is 17.7. The zero-order valence-corrected chi connectivity index (χ0v) is 19.3. The van der Waals surface area contributed by atoms with Crippen LogP contribution in [0, 0.1) is 6.92 Å². The summed E-state index contributed by atoms with van der Waals surface area (Å²) < 4.78 is 12.4. The SMILES string of the molecule is C=CCOc1cccc(C2c3c(oc4ccc(Br)cc4c3=O)C(=O)N2c2cc(C)ccn2)c1. The van der Waals surface area contributed by atoms with Crippen molar-refractivity contribution in [1.82, 2.24) is 4.98 Å². The predicted molar refractivity (Wildman–Crippen MR) is 130 cm³/mol. The molecule has 0 saturated heterocycles. The minimum absolute atomic E-state index is 0.0283. The van der Waals surface area contributed by atoms with Gasteiger partial charge in [-0.3, -0.25) is 14.5 Å². The molecular weight excluding hydrogens is 484 g/mol. The molecule has 164 valence electrons. The Hall–Kier alpha value is -3.71. The van der Waals surface area contributed by atoms with Gasteiger partial charge in [-0.05, 0) is 60.5 Å². The molecule has 1 aliphatic heterocycles. The van der Waals surface area contributed by atoms with Crippen molar-refractivity contribution in [2.75, 3.05) is 11.5 Å². The van der Waals surface area contributed by atoms with E-state index in [1.54, 1.807) is 30.5 Å². The highest BCUT2D eigenvalue weighted by molar-refractivity contribution is 9.10. The number of rotatable bonds is 5. The number of carbonyl (C=O) groups is 1. The van der Waals surface area contributed by atoms with Crippen LogP contribution < -0.4 is 15.1 Å². The highest BCUT2D eigenvalue weighted by Crippen LogP contribution is 2.41. The molecule has 5 rings (SSSR count). The topological polar surface area (TPSA) is 72.6 Å². The van der Waals surface area contributed by atoms with E-state index in [9.17, 15) is 9.59 Å². The molecule has 7 heteroatoms. The minimum Gasteiger partial charge on any atom is -0.490 e. The van der Waals surface area contributed by atoms with E-state index in [1.807, 2.05) is 43.3 Å². The van der Waals surface area contributed by atoms with Gasteiger partial charge >= 0.3 is 0 Å². The average Bonchev–Trinajstić information content (AvgIpc) is 3.11. The van der Waals surface area contributed by atoms with Crippen molar-refractivity contribution in [3.8, 4) is 5.75 Å². The molecule has 1 amide bonds. The van der Waals surface area contributed by atoms with E-state index in [2.05, 4.69) is 27.5 Å². The lowest BCUT2D eigenvalue weighted by Crippen LogP contribution is -2.30. The van der Waals surface area contributed by atoms with Crippen molar-refractivity contribution < 1.29 is 13.9 Å². The first-order valence-electron chi connectivity index (χ1n) is 10.3. The molecule has 0 bridgehead atoms. The molecule has 3 heterocycles. The zero-order chi connectivity index (χ0) is 23.1. The molecule has 2 aromatic heterocycles. The number of halogens is 1. The van der Waals surface area contributed by atoms with Gasteiger partial charge in [0.1, 0.15) is 23.8 Å². The molecular formula is C26H19BrN2O4. The van der Waals surface area contributed by atoms with Gasteiger partial charge in [-0.25, -0.2) is 4.98 Å². The lowest BCUT2D eigenvalue weighted by molar-refractivity contribution is 0.0970. The summed E-state index contributed by atoms with van der Waals surface area (Å²) in [6, 6.07) is 15.5. The van der Waals surface area contributed by atoms with Crippen LogP contribution in [0.4, 0.5) is 5.82 Å². The normalized spacial score (nSPS) is 15.0. The Morgan fingerprint density at radius 3 is 2.82 bits per heavy atom. The van der Waals surface area contributed by atoms with Crippen molar-refractivity contribution in [3.63, 3.8) is 0 Å². The molecule has 4 aromatic rings. The quantitative estimate of drug-likeness (QED) is 0.333. The number of ether oxygens (including phenoxy) is 1. The van der Waals surface area contributed by atoms with E-state index < -0.39 is 11.9 Å². The van der Waals surface area contributed by atoms with E-state index in [4.69, 9.17) is 9.15 Å². The number of hydrogen-bond acceptors (Lipinski definition) is 5. The lowest BCUT2D eigenvalue weighted by atomic mass is 9.98. The lowest BCUT2D eigenvalue weighted by Gasteiger charge is -2.24. The van der Waals surface area contributed by atoms with Crippen molar-refractivity contribution in [2.24, 2.45) is 0 Å². The predicted octanol–water partition coefficient (Wildman–Crippen LogP) is 5.57. The standard InChI is InChI=1S/C26H19BrN2O4/c1-3-11-32-18-6-4-5-16(13-18)23-22-24(30)19-14-17(27)7-8-20(19)33-25(22)26(31)29(23)21-12-15(2)9-10-28-21/h3-10,12-14,23H,1,11H2,2H3. The molecule has 1 atom stereocenters. The van der Waals surface area contributed by atoms with Crippen LogP contribution in [-0.4, -0.2) is 17.5 Å². The van der Waals surface area contributed by atoms with E-state index >= 15 is 0 Å². The number of hydrogen-bond donors (Lipinski definition) is 0. The summed E-state index contributed by atoms with van der Waals surface area (Å²) in [4.78, 5) is 33.2. The molecule has 6 nitrogen and oxygen atoms in total. The van der Waals surface area contributed by atoms with Crippen LogP contribution in [0.25, 0.3) is 11.0 Å². The van der Waals surface area contributed by atoms with Crippen LogP contribution in [0.1, 0.15) is 33.3 Å². The minimum atomic E-state index is -0.714. The number of anilines is 1. The Balaban J connectivity index is 1.78. The summed E-state index contributed by atoms with van der Waals surface area (Å²) in [6.45, 7) is 5.94. The Morgan fingerprint density at radius 2 is 2.03 bits per heavy atom. The molecule has 33 heavy (non-hydrogen) atoms. The summed E-state index contributed by atoms with van der Waals surface area (Å²) in [5, 5.41) is 0.402. The van der Waals surface area contributed by atoms with Gasteiger partial charge in [0, 0.05) is 10.7 Å². The van der Waals surface area contributed by atoms with Crippen molar-refractivity contribution in [1.29, 1.82) is 0 Å². The van der Waals surface area contributed by atoms with E-state index in [0.29, 0.717) is 34.7 Å². The fraction of sp³-hybridized carbons (Fsp3) is 0.115. The summed E-state index contributed by atoms with van der Waals surface area (Å²) in [5.74, 6) is 0.671. The van der Waals surface area contributed by atoms with Crippen LogP contribution in [-0.2, 0) is 0 Å². The van der Waals surface area contributed by atoms with Crippen LogP contribution in [0.2, 0.25) is 0 Å². The van der Waals surface area contributed by atoms with Gasteiger partial charge in [0.2, 0.25) is 5.76 Å². The van der Waals surface area contributed by atoms with Crippen LogP contribution in [0.5, 0.6) is 5.75 Å². The fourth-order valence-corrected chi connectivity index (χ4v) is 4.44. The Labute approximate surface area is 198 Å². The smallest absolute Gasteiger partial charge is 0.296 e. The van der Waals surface area contributed by atoms with Crippen LogP contribution in [0.3, 0.4) is 0 Å². The monoisotopic (exact) mass is 502 g/mol. The third-order valence-corrected chi connectivity index (χ3v) is 6.01. The van der Waals surface area contributed by atoms with Crippen molar-refractivity contribution >= 4 is 38.6 Å². The number of benzene rings is 2. The maximum absolute atomic E-state index is 13.7. The average molecular weight is 503 g/mol. The number of amides is 1. The number of pyridine rings is 1. The molecule has 0 spiro atoms. The molecule has 0 radical (unpaired) electrons. The third-order valence-electron chi connectivity index (χ3n) is 5.52. The summed E-state index contributed by atoms with van der Waals surface area (Å²) >= 11 is 3.42. The number of aryl methyl sites for hydroxylation is 1. The Kier molecular flexibility index (Phi) is 5.34. The maximum atomic E-state index is 13.7. The molecule has 0 fully saturated rings. The molecule has 2 aromatic carbocycles.